The third-order valence-electron chi connectivity index (χ3n) is 4.38. The summed E-state index contributed by atoms with van der Waals surface area (Å²) in [7, 11) is -0.682. The third kappa shape index (κ3) is 4.29. The molecule has 27 heavy (non-hydrogen) atoms. The van der Waals surface area contributed by atoms with Crippen LogP contribution < -0.4 is 10.2 Å². The molecular weight excluding hydrogens is 366 g/mol. The molecule has 0 aliphatic carbocycles. The number of hydrogen-bond donors (Lipinski definition) is 1. The summed E-state index contributed by atoms with van der Waals surface area (Å²) in [5.41, 5.74) is 1.89. The maximum Gasteiger partial charge on any atom is 0.255 e. The number of nitrogens with one attached hydrogen (secondary N) is 1. The molecule has 1 aliphatic rings. The smallest absolute Gasteiger partial charge is 0.255 e. The Bertz CT molecular complexity index is 922. The molecule has 2 aromatic rings. The lowest BCUT2D eigenvalue weighted by Crippen LogP contribution is -2.36. The molecule has 0 spiro atoms. The van der Waals surface area contributed by atoms with Crippen LogP contribution in [0.15, 0.2) is 53.4 Å². The van der Waals surface area contributed by atoms with Crippen molar-refractivity contribution in [2.75, 3.05) is 50.6 Å². The van der Waals surface area contributed by atoms with Crippen molar-refractivity contribution in [2.24, 2.45) is 0 Å². The quantitative estimate of drug-likeness (QED) is 0.847. The number of ether oxygens (including phenoxy) is 1. The molecule has 1 amide bonds. The van der Waals surface area contributed by atoms with Crippen LogP contribution in [0.4, 0.5) is 11.4 Å². The molecule has 2 aromatic carbocycles. The molecule has 0 bridgehead atoms. The number of rotatable bonds is 5. The van der Waals surface area contributed by atoms with Gasteiger partial charge in [0.1, 0.15) is 0 Å². The number of anilines is 2. The van der Waals surface area contributed by atoms with Gasteiger partial charge in [0.25, 0.3) is 5.91 Å². The Morgan fingerprint density at radius 1 is 1.07 bits per heavy atom. The van der Waals surface area contributed by atoms with Crippen LogP contribution in [0.1, 0.15) is 10.4 Å². The Labute approximate surface area is 159 Å². The minimum absolute atomic E-state index is 0.0848. The van der Waals surface area contributed by atoms with Crippen LogP contribution in [-0.4, -0.2) is 59.0 Å². The number of benzene rings is 2. The summed E-state index contributed by atoms with van der Waals surface area (Å²) in [5.74, 6) is -0.355. The number of amides is 1. The highest BCUT2D eigenvalue weighted by Gasteiger charge is 2.20. The summed E-state index contributed by atoms with van der Waals surface area (Å²) in [4.78, 5) is 15.0. The second kappa shape index (κ2) is 8.08. The predicted octanol–water partition coefficient (Wildman–Crippen LogP) is 2.03. The standard InChI is InChI=1S/C19H23N3O4S/c1-21(2)27(24,25)16-7-5-6-15(14-16)19(23)20-17-8-3-4-9-18(17)22-10-12-26-13-11-22/h3-9,14H,10-13H2,1-2H3,(H,20,23). The summed E-state index contributed by atoms with van der Waals surface area (Å²) in [6.07, 6.45) is 0. The van der Waals surface area contributed by atoms with Crippen molar-refractivity contribution >= 4 is 27.3 Å². The van der Waals surface area contributed by atoms with Gasteiger partial charge < -0.3 is 15.0 Å². The van der Waals surface area contributed by atoms with Crippen molar-refractivity contribution in [3.8, 4) is 0 Å². The molecular formula is C19H23N3O4S. The molecule has 0 atom stereocenters. The normalized spacial score (nSPS) is 15.0. The topological polar surface area (TPSA) is 79.0 Å². The number of carbonyl (C=O) groups excluding carboxylic acids is 1. The maximum absolute atomic E-state index is 12.7. The second-order valence-corrected chi connectivity index (χ2v) is 8.54. The highest BCUT2D eigenvalue weighted by Crippen LogP contribution is 2.27. The van der Waals surface area contributed by atoms with E-state index in [1.165, 1.54) is 26.2 Å². The molecule has 1 heterocycles. The highest BCUT2D eigenvalue weighted by atomic mass is 32.2. The first-order valence-electron chi connectivity index (χ1n) is 8.65. The second-order valence-electron chi connectivity index (χ2n) is 6.39. The summed E-state index contributed by atoms with van der Waals surface area (Å²) in [5, 5.41) is 2.90. The van der Waals surface area contributed by atoms with Gasteiger partial charge in [-0.15, -0.1) is 0 Å². The lowest BCUT2D eigenvalue weighted by molar-refractivity contribution is 0.102. The van der Waals surface area contributed by atoms with E-state index in [1.807, 2.05) is 24.3 Å². The molecule has 8 heteroatoms. The van der Waals surface area contributed by atoms with E-state index in [2.05, 4.69) is 10.2 Å². The number of nitrogens with zero attached hydrogens (tertiary/aromatic N) is 2. The summed E-state index contributed by atoms with van der Waals surface area (Å²) in [6.45, 7) is 2.80. The minimum Gasteiger partial charge on any atom is -0.378 e. The third-order valence-corrected chi connectivity index (χ3v) is 6.19. The van der Waals surface area contributed by atoms with E-state index < -0.39 is 10.0 Å². The fourth-order valence-corrected chi connectivity index (χ4v) is 3.81. The molecule has 0 radical (unpaired) electrons. The highest BCUT2D eigenvalue weighted by molar-refractivity contribution is 7.89. The predicted molar refractivity (Wildman–Crippen MR) is 105 cm³/mol. The van der Waals surface area contributed by atoms with Crippen LogP contribution in [0.3, 0.4) is 0 Å². The van der Waals surface area contributed by atoms with Gasteiger partial charge >= 0.3 is 0 Å². The first kappa shape index (κ1) is 19.3. The van der Waals surface area contributed by atoms with Crippen LogP contribution in [0.5, 0.6) is 0 Å². The Morgan fingerprint density at radius 3 is 2.48 bits per heavy atom. The van der Waals surface area contributed by atoms with E-state index in [1.54, 1.807) is 12.1 Å². The van der Waals surface area contributed by atoms with Crippen molar-refractivity contribution in [3.63, 3.8) is 0 Å². The molecule has 7 nitrogen and oxygen atoms in total. The first-order valence-corrected chi connectivity index (χ1v) is 10.1. The van der Waals surface area contributed by atoms with E-state index in [9.17, 15) is 13.2 Å². The number of sulfonamides is 1. The summed E-state index contributed by atoms with van der Waals surface area (Å²) in [6, 6.07) is 13.6. The number of morpholine rings is 1. The minimum atomic E-state index is -3.60. The number of hydrogen-bond acceptors (Lipinski definition) is 5. The number of carbonyl (C=O) groups is 1. The molecule has 1 N–H and O–H groups in total. The van der Waals surface area contributed by atoms with Crippen molar-refractivity contribution in [1.29, 1.82) is 0 Å². The van der Waals surface area contributed by atoms with Crippen LogP contribution in [-0.2, 0) is 14.8 Å². The van der Waals surface area contributed by atoms with Gasteiger partial charge in [-0.1, -0.05) is 18.2 Å². The summed E-state index contributed by atoms with van der Waals surface area (Å²) < 4.78 is 31.1. The van der Waals surface area contributed by atoms with Gasteiger partial charge in [0, 0.05) is 32.7 Å². The zero-order valence-electron chi connectivity index (χ0n) is 15.4. The van der Waals surface area contributed by atoms with E-state index in [4.69, 9.17) is 4.74 Å². The molecule has 144 valence electrons. The SMILES string of the molecule is CN(C)S(=O)(=O)c1cccc(C(=O)Nc2ccccc2N2CCOCC2)c1. The average Bonchev–Trinajstić information content (AvgIpc) is 2.69. The molecule has 1 saturated heterocycles. The molecule has 1 aliphatic heterocycles. The van der Waals surface area contributed by atoms with Crippen LogP contribution in [0.2, 0.25) is 0 Å². The first-order chi connectivity index (χ1) is 12.9. The van der Waals surface area contributed by atoms with Gasteiger partial charge in [0.2, 0.25) is 10.0 Å². The van der Waals surface area contributed by atoms with Crippen molar-refractivity contribution in [3.05, 3.63) is 54.1 Å². The molecule has 3 rings (SSSR count). The average molecular weight is 389 g/mol. The van der Waals surface area contributed by atoms with Crippen LogP contribution in [0, 0.1) is 0 Å². The zero-order valence-corrected chi connectivity index (χ0v) is 16.2. The van der Waals surface area contributed by atoms with Crippen molar-refractivity contribution in [2.45, 2.75) is 4.90 Å². The molecule has 0 aromatic heterocycles. The van der Waals surface area contributed by atoms with E-state index >= 15 is 0 Å². The van der Waals surface area contributed by atoms with E-state index in [0.717, 1.165) is 23.1 Å². The number of para-hydroxylation sites is 2. The van der Waals surface area contributed by atoms with Crippen molar-refractivity contribution < 1.29 is 17.9 Å². The van der Waals surface area contributed by atoms with Gasteiger partial charge in [-0.2, -0.15) is 0 Å². The largest absolute Gasteiger partial charge is 0.378 e. The molecule has 0 saturated carbocycles. The fourth-order valence-electron chi connectivity index (χ4n) is 2.86. The van der Waals surface area contributed by atoms with E-state index in [-0.39, 0.29) is 16.4 Å². The Kier molecular flexibility index (Phi) is 5.79. The lowest BCUT2D eigenvalue weighted by atomic mass is 10.2. The monoisotopic (exact) mass is 389 g/mol. The molecule has 0 unspecified atom stereocenters. The van der Waals surface area contributed by atoms with Crippen molar-refractivity contribution in [1.82, 2.24) is 4.31 Å². The molecule has 1 fully saturated rings. The van der Waals surface area contributed by atoms with Gasteiger partial charge in [-0.3, -0.25) is 4.79 Å². The Hall–Kier alpha value is -2.42. The Morgan fingerprint density at radius 2 is 1.78 bits per heavy atom. The fraction of sp³-hybridized carbons (Fsp3) is 0.316. The van der Waals surface area contributed by atoms with Crippen LogP contribution >= 0.6 is 0 Å². The van der Waals surface area contributed by atoms with Gasteiger partial charge in [-0.05, 0) is 30.3 Å². The van der Waals surface area contributed by atoms with Gasteiger partial charge in [0.05, 0.1) is 29.5 Å². The Balaban J connectivity index is 1.85. The van der Waals surface area contributed by atoms with Crippen LogP contribution in [0.25, 0.3) is 0 Å². The van der Waals surface area contributed by atoms with Gasteiger partial charge in [0.15, 0.2) is 0 Å². The van der Waals surface area contributed by atoms with Gasteiger partial charge in [-0.25, -0.2) is 12.7 Å². The lowest BCUT2D eigenvalue weighted by Gasteiger charge is -2.30. The zero-order chi connectivity index (χ0) is 19.4. The summed E-state index contributed by atoms with van der Waals surface area (Å²) >= 11 is 0. The van der Waals surface area contributed by atoms with E-state index in [0.29, 0.717) is 18.9 Å². The maximum atomic E-state index is 12.7.